The van der Waals surface area contributed by atoms with Gasteiger partial charge in [0.2, 0.25) is 0 Å². The zero-order chi connectivity index (χ0) is 13.1. The lowest BCUT2D eigenvalue weighted by atomic mass is 10.2. The van der Waals surface area contributed by atoms with E-state index < -0.39 is 0 Å². The van der Waals surface area contributed by atoms with Crippen molar-refractivity contribution in [3.8, 4) is 0 Å². The summed E-state index contributed by atoms with van der Waals surface area (Å²) < 4.78 is 1.98. The first-order valence-electron chi connectivity index (χ1n) is 5.98. The number of aliphatic hydroxyl groups is 1. The summed E-state index contributed by atoms with van der Waals surface area (Å²) in [6, 6.07) is 13.8. The van der Waals surface area contributed by atoms with Crippen molar-refractivity contribution in [3.63, 3.8) is 0 Å². The second-order valence-corrected chi connectivity index (χ2v) is 5.12. The summed E-state index contributed by atoms with van der Waals surface area (Å²) in [6.07, 6.45) is 1.96. The third-order valence-electron chi connectivity index (χ3n) is 2.86. The van der Waals surface area contributed by atoms with E-state index in [-0.39, 0.29) is 6.61 Å². The molecule has 0 aliphatic rings. The number of hydrogen-bond donors (Lipinski definition) is 1. The minimum atomic E-state index is 0.0856. The van der Waals surface area contributed by atoms with E-state index in [1.807, 2.05) is 53.1 Å². The molecule has 3 rings (SSSR count). The maximum Gasteiger partial charge on any atom is 0.195 e. The Bertz CT molecular complexity index is 678. The molecule has 0 amide bonds. The van der Waals surface area contributed by atoms with E-state index in [0.29, 0.717) is 0 Å². The topological polar surface area (TPSA) is 50.4 Å². The number of fused-ring (bicyclic) bond motifs is 1. The van der Waals surface area contributed by atoms with Crippen molar-refractivity contribution in [1.29, 1.82) is 0 Å². The first kappa shape index (κ1) is 12.2. The van der Waals surface area contributed by atoms with Gasteiger partial charge < -0.3 is 5.11 Å². The predicted octanol–water partition coefficient (Wildman–Crippen LogP) is 2.51. The minimum absolute atomic E-state index is 0.0856. The van der Waals surface area contributed by atoms with E-state index in [1.165, 1.54) is 5.56 Å². The zero-order valence-electron chi connectivity index (χ0n) is 10.2. The van der Waals surface area contributed by atoms with Crippen LogP contribution in [-0.2, 0) is 12.4 Å². The molecule has 0 unspecified atom stereocenters. The third-order valence-corrected chi connectivity index (χ3v) is 3.87. The van der Waals surface area contributed by atoms with Crippen molar-refractivity contribution < 1.29 is 5.11 Å². The summed E-state index contributed by atoms with van der Waals surface area (Å²) in [4.78, 5) is 0. The molecule has 19 heavy (non-hydrogen) atoms. The summed E-state index contributed by atoms with van der Waals surface area (Å²) in [5.41, 5.74) is 3.00. The number of benzene rings is 1. The van der Waals surface area contributed by atoms with Gasteiger partial charge in [-0.2, -0.15) is 0 Å². The lowest BCUT2D eigenvalue weighted by molar-refractivity contribution is 0.282. The lowest BCUT2D eigenvalue weighted by Crippen LogP contribution is -1.88. The number of pyridine rings is 1. The highest BCUT2D eigenvalue weighted by Gasteiger charge is 2.05. The molecular formula is C14H13N3OS. The maximum atomic E-state index is 9.00. The third kappa shape index (κ3) is 2.62. The van der Waals surface area contributed by atoms with Crippen LogP contribution in [0.5, 0.6) is 0 Å². The van der Waals surface area contributed by atoms with Gasteiger partial charge in [-0.3, -0.25) is 4.40 Å². The number of aliphatic hydroxyl groups excluding tert-OH is 1. The molecule has 5 heteroatoms. The molecule has 2 aromatic heterocycles. The van der Waals surface area contributed by atoms with E-state index in [2.05, 4.69) is 10.2 Å². The molecule has 96 valence electrons. The fourth-order valence-corrected chi connectivity index (χ4v) is 2.69. The molecule has 0 aliphatic carbocycles. The Kier molecular flexibility index (Phi) is 3.48. The summed E-state index contributed by atoms with van der Waals surface area (Å²) >= 11 is 1.65. The fourth-order valence-electron chi connectivity index (χ4n) is 1.81. The van der Waals surface area contributed by atoms with Crippen molar-refractivity contribution in [1.82, 2.24) is 14.6 Å². The second-order valence-electron chi connectivity index (χ2n) is 4.17. The van der Waals surface area contributed by atoms with Gasteiger partial charge in [-0.1, -0.05) is 42.1 Å². The van der Waals surface area contributed by atoms with Gasteiger partial charge in [0.25, 0.3) is 0 Å². The lowest BCUT2D eigenvalue weighted by Gasteiger charge is -2.02. The highest BCUT2D eigenvalue weighted by atomic mass is 32.2. The van der Waals surface area contributed by atoms with E-state index in [9.17, 15) is 0 Å². The molecule has 1 aromatic carbocycles. The minimum Gasteiger partial charge on any atom is -0.392 e. The van der Waals surface area contributed by atoms with Crippen molar-refractivity contribution in [2.24, 2.45) is 0 Å². The van der Waals surface area contributed by atoms with Gasteiger partial charge in [-0.05, 0) is 23.3 Å². The highest BCUT2D eigenvalue weighted by molar-refractivity contribution is 7.98. The average Bonchev–Trinajstić information content (AvgIpc) is 2.89. The molecule has 0 atom stereocenters. The summed E-state index contributed by atoms with van der Waals surface area (Å²) in [5.74, 6) is 0.835. The molecule has 0 radical (unpaired) electrons. The van der Waals surface area contributed by atoms with Crippen LogP contribution in [0.1, 0.15) is 11.1 Å². The second kappa shape index (κ2) is 5.42. The normalized spacial score (nSPS) is 11.0. The molecule has 0 fully saturated rings. The highest BCUT2D eigenvalue weighted by Crippen LogP contribution is 2.21. The van der Waals surface area contributed by atoms with E-state index in [4.69, 9.17) is 5.11 Å². The number of thioether (sulfide) groups is 1. The Labute approximate surface area is 115 Å². The zero-order valence-corrected chi connectivity index (χ0v) is 11.0. The van der Waals surface area contributed by atoms with Crippen molar-refractivity contribution in [2.75, 3.05) is 0 Å². The Hall–Kier alpha value is -1.85. The van der Waals surface area contributed by atoms with Crippen LogP contribution < -0.4 is 0 Å². The number of rotatable bonds is 4. The van der Waals surface area contributed by atoms with Crippen LogP contribution in [-0.4, -0.2) is 19.7 Å². The summed E-state index contributed by atoms with van der Waals surface area (Å²) in [5, 5.41) is 18.2. The van der Waals surface area contributed by atoms with Crippen LogP contribution in [0.4, 0.5) is 0 Å². The summed E-state index contributed by atoms with van der Waals surface area (Å²) in [7, 11) is 0. The molecule has 0 bridgehead atoms. The Morgan fingerprint density at radius 3 is 2.58 bits per heavy atom. The van der Waals surface area contributed by atoms with Crippen molar-refractivity contribution in [3.05, 3.63) is 59.8 Å². The number of nitrogens with zero attached hydrogens (tertiary/aromatic N) is 3. The maximum absolute atomic E-state index is 9.00. The molecular weight excluding hydrogens is 258 g/mol. The molecule has 0 saturated carbocycles. The van der Waals surface area contributed by atoms with Crippen LogP contribution in [0.3, 0.4) is 0 Å². The molecule has 4 nitrogen and oxygen atoms in total. The monoisotopic (exact) mass is 271 g/mol. The van der Waals surface area contributed by atoms with Crippen LogP contribution >= 0.6 is 11.8 Å². The van der Waals surface area contributed by atoms with Gasteiger partial charge in [-0.15, -0.1) is 10.2 Å². The van der Waals surface area contributed by atoms with E-state index in [0.717, 1.165) is 22.1 Å². The first-order valence-corrected chi connectivity index (χ1v) is 6.96. The van der Waals surface area contributed by atoms with Gasteiger partial charge in [0.1, 0.15) is 0 Å². The van der Waals surface area contributed by atoms with Crippen molar-refractivity contribution >= 4 is 17.4 Å². The Morgan fingerprint density at radius 1 is 1.00 bits per heavy atom. The standard InChI is InChI=1S/C14H13N3OS/c18-9-11-4-6-12(7-5-11)10-19-14-16-15-13-3-1-2-8-17(13)14/h1-8,18H,9-10H2. The molecule has 3 aromatic rings. The van der Waals surface area contributed by atoms with Crippen LogP contribution in [0, 0.1) is 0 Å². The Morgan fingerprint density at radius 2 is 1.79 bits per heavy atom. The number of hydrogen-bond acceptors (Lipinski definition) is 4. The van der Waals surface area contributed by atoms with Gasteiger partial charge in [-0.25, -0.2) is 0 Å². The number of aromatic nitrogens is 3. The average molecular weight is 271 g/mol. The summed E-state index contributed by atoms with van der Waals surface area (Å²) in [6.45, 7) is 0.0856. The molecule has 1 N–H and O–H groups in total. The van der Waals surface area contributed by atoms with Gasteiger partial charge in [0.15, 0.2) is 10.8 Å². The van der Waals surface area contributed by atoms with Gasteiger partial charge >= 0.3 is 0 Å². The first-order chi connectivity index (χ1) is 9.36. The SMILES string of the molecule is OCc1ccc(CSc2nnc3ccccn23)cc1. The smallest absolute Gasteiger partial charge is 0.195 e. The molecule has 0 aliphatic heterocycles. The van der Waals surface area contributed by atoms with Gasteiger partial charge in [0, 0.05) is 11.9 Å². The Balaban J connectivity index is 1.74. The van der Waals surface area contributed by atoms with Crippen molar-refractivity contribution in [2.45, 2.75) is 17.5 Å². The largest absolute Gasteiger partial charge is 0.392 e. The van der Waals surface area contributed by atoms with E-state index in [1.54, 1.807) is 11.8 Å². The fraction of sp³-hybridized carbons (Fsp3) is 0.143. The van der Waals surface area contributed by atoms with Crippen LogP contribution in [0.25, 0.3) is 5.65 Å². The van der Waals surface area contributed by atoms with Gasteiger partial charge in [0.05, 0.1) is 6.61 Å². The van der Waals surface area contributed by atoms with E-state index >= 15 is 0 Å². The van der Waals surface area contributed by atoms with Crippen LogP contribution in [0.2, 0.25) is 0 Å². The quantitative estimate of drug-likeness (QED) is 0.741. The molecule has 2 heterocycles. The van der Waals surface area contributed by atoms with Crippen LogP contribution in [0.15, 0.2) is 53.8 Å². The predicted molar refractivity (Wildman–Crippen MR) is 74.9 cm³/mol. The molecule has 0 spiro atoms. The molecule has 0 saturated heterocycles.